The maximum atomic E-state index is 10.3. The second-order valence-electron chi connectivity index (χ2n) is 1.60. The van der Waals surface area contributed by atoms with Crippen LogP contribution < -0.4 is 5.73 Å². The zero-order valence-electron chi connectivity index (χ0n) is 4.27. The molecular formula is C2H5NO4S2. The highest BCUT2D eigenvalue weighted by Crippen LogP contribution is 2.21. The normalized spacial score (nSPS) is 41.1. The molecule has 1 unspecified atom stereocenters. The lowest BCUT2D eigenvalue weighted by Gasteiger charge is -2.07. The van der Waals surface area contributed by atoms with E-state index in [0.717, 1.165) is 0 Å². The van der Waals surface area contributed by atoms with E-state index in [1.165, 1.54) is 0 Å². The van der Waals surface area contributed by atoms with Crippen LogP contribution in [0, 0.1) is 0 Å². The fourth-order valence-electron chi connectivity index (χ4n) is 0.381. The van der Waals surface area contributed by atoms with Crippen molar-refractivity contribution in [2.24, 2.45) is 5.73 Å². The minimum absolute atomic E-state index is 0.252. The molecule has 0 aromatic rings. The van der Waals surface area contributed by atoms with Gasteiger partial charge in [0.25, 0.3) is 0 Å². The molecule has 1 aliphatic rings. The molecule has 7 heteroatoms. The van der Waals surface area contributed by atoms with E-state index in [2.05, 4.69) is 21.0 Å². The molecule has 0 amide bonds. The molecule has 1 aliphatic heterocycles. The average Bonchev–Trinajstić information content (AvgIpc) is 1.78. The van der Waals surface area contributed by atoms with Crippen LogP contribution in [0.3, 0.4) is 0 Å². The molecule has 0 spiro atoms. The third kappa shape index (κ3) is 1.80. The zero-order valence-corrected chi connectivity index (χ0v) is 5.98. The number of rotatable bonds is 0. The predicted octanol–water partition coefficient (Wildman–Crippen LogP) is -1.18. The molecular weight excluding hydrogens is 166 g/mol. The van der Waals surface area contributed by atoms with Crippen molar-refractivity contribution in [1.29, 1.82) is 0 Å². The van der Waals surface area contributed by atoms with Gasteiger partial charge in [-0.15, -0.1) is 12.6 Å². The maximum absolute atomic E-state index is 10.3. The van der Waals surface area contributed by atoms with Crippen molar-refractivity contribution in [1.82, 2.24) is 0 Å². The second kappa shape index (κ2) is 1.83. The Labute approximate surface area is 57.9 Å². The van der Waals surface area contributed by atoms with Crippen molar-refractivity contribution in [2.45, 2.75) is 5.06 Å². The summed E-state index contributed by atoms with van der Waals surface area (Å²) in [4.78, 5) is 0. The van der Waals surface area contributed by atoms with Crippen molar-refractivity contribution in [3.63, 3.8) is 0 Å². The molecule has 1 atom stereocenters. The number of thiol groups is 1. The Morgan fingerprint density at radius 3 is 2.33 bits per heavy atom. The average molecular weight is 171 g/mol. The topological polar surface area (TPSA) is 78.6 Å². The molecule has 1 fully saturated rings. The van der Waals surface area contributed by atoms with Crippen molar-refractivity contribution in [3.05, 3.63) is 0 Å². The largest absolute Gasteiger partial charge is 0.402 e. The van der Waals surface area contributed by atoms with Crippen LogP contribution in [0.25, 0.3) is 0 Å². The van der Waals surface area contributed by atoms with E-state index in [1.807, 2.05) is 0 Å². The second-order valence-corrected chi connectivity index (χ2v) is 3.57. The lowest BCUT2D eigenvalue weighted by molar-refractivity contribution is 0.209. The Bertz CT molecular complexity index is 207. The molecule has 0 saturated carbocycles. The summed E-state index contributed by atoms with van der Waals surface area (Å²) in [5.74, 6) is 0. The van der Waals surface area contributed by atoms with Crippen molar-refractivity contribution in [3.8, 4) is 0 Å². The highest BCUT2D eigenvalue weighted by Gasteiger charge is 2.38. The van der Waals surface area contributed by atoms with Crippen LogP contribution in [0.1, 0.15) is 0 Å². The molecule has 0 aromatic heterocycles. The number of hydrogen-bond acceptors (Lipinski definition) is 6. The van der Waals surface area contributed by atoms with E-state index in [9.17, 15) is 8.42 Å². The summed E-state index contributed by atoms with van der Waals surface area (Å²) < 4.78 is 28.8. The van der Waals surface area contributed by atoms with Gasteiger partial charge < -0.3 is 0 Å². The molecule has 0 bridgehead atoms. The molecule has 1 rings (SSSR count). The standard InChI is InChI=1S/C2H5NO4S2/c3-2(8)1-6-9(4,5)7-2/h8H,1,3H2. The SMILES string of the molecule is NC1(S)COS(=O)(=O)O1. The molecule has 0 aromatic carbocycles. The molecule has 0 aliphatic carbocycles. The monoisotopic (exact) mass is 171 g/mol. The van der Waals surface area contributed by atoms with E-state index in [4.69, 9.17) is 5.73 Å². The van der Waals surface area contributed by atoms with Crippen LogP contribution in [-0.4, -0.2) is 20.1 Å². The minimum atomic E-state index is -3.86. The molecule has 1 saturated heterocycles. The van der Waals surface area contributed by atoms with Gasteiger partial charge in [0.15, 0.2) is 0 Å². The van der Waals surface area contributed by atoms with Crippen molar-refractivity contribution in [2.75, 3.05) is 6.61 Å². The Morgan fingerprint density at radius 2 is 2.22 bits per heavy atom. The summed E-state index contributed by atoms with van der Waals surface area (Å²) in [5, 5.41) is -1.49. The first-order valence-corrected chi connectivity index (χ1v) is 3.81. The Balaban J connectivity index is 2.81. The lowest BCUT2D eigenvalue weighted by atomic mass is 10.6. The van der Waals surface area contributed by atoms with Gasteiger partial charge in [0.05, 0.1) is 0 Å². The summed E-state index contributed by atoms with van der Waals surface area (Å²) in [7, 11) is -3.86. The highest BCUT2D eigenvalue weighted by molar-refractivity contribution is 7.85. The third-order valence-corrected chi connectivity index (χ3v) is 1.91. The summed E-state index contributed by atoms with van der Waals surface area (Å²) in [6.07, 6.45) is 0. The van der Waals surface area contributed by atoms with E-state index < -0.39 is 15.5 Å². The molecule has 0 radical (unpaired) electrons. The zero-order chi connectivity index (χ0) is 7.12. The first kappa shape index (κ1) is 7.29. The molecule has 5 nitrogen and oxygen atoms in total. The van der Waals surface area contributed by atoms with Crippen LogP contribution in [0.2, 0.25) is 0 Å². The van der Waals surface area contributed by atoms with Gasteiger partial charge in [0.1, 0.15) is 6.61 Å². The smallest absolute Gasteiger partial charge is 0.292 e. The van der Waals surface area contributed by atoms with E-state index >= 15 is 0 Å². The quantitative estimate of drug-likeness (QED) is 0.354. The predicted molar refractivity (Wildman–Crippen MR) is 31.9 cm³/mol. The number of nitrogens with two attached hydrogens (primary N) is 1. The lowest BCUT2D eigenvalue weighted by Crippen LogP contribution is -2.35. The minimum Gasteiger partial charge on any atom is -0.292 e. The highest BCUT2D eigenvalue weighted by atomic mass is 32.3. The summed E-state index contributed by atoms with van der Waals surface area (Å²) in [6, 6.07) is 0. The summed E-state index contributed by atoms with van der Waals surface area (Å²) in [6.45, 7) is -0.252. The molecule has 2 N–H and O–H groups in total. The van der Waals surface area contributed by atoms with E-state index in [1.54, 1.807) is 0 Å². The molecule has 54 valence electrons. The van der Waals surface area contributed by atoms with Gasteiger partial charge in [0.2, 0.25) is 5.06 Å². The van der Waals surface area contributed by atoms with Crippen LogP contribution in [0.15, 0.2) is 0 Å². The summed E-state index contributed by atoms with van der Waals surface area (Å²) >= 11 is 3.61. The van der Waals surface area contributed by atoms with Gasteiger partial charge in [-0.1, -0.05) is 0 Å². The maximum Gasteiger partial charge on any atom is 0.402 e. The van der Waals surface area contributed by atoms with Crippen LogP contribution in [0.5, 0.6) is 0 Å². The molecule has 9 heavy (non-hydrogen) atoms. The first-order chi connectivity index (χ1) is 3.91. The van der Waals surface area contributed by atoms with Crippen molar-refractivity contribution < 1.29 is 16.8 Å². The Morgan fingerprint density at radius 1 is 1.67 bits per heavy atom. The van der Waals surface area contributed by atoms with Gasteiger partial charge in [-0.3, -0.25) is 5.73 Å². The Hall–Kier alpha value is 0.180. The Kier molecular flexibility index (Phi) is 1.48. The van der Waals surface area contributed by atoms with Crippen LogP contribution >= 0.6 is 12.6 Å². The van der Waals surface area contributed by atoms with Gasteiger partial charge in [-0.2, -0.15) is 8.42 Å². The van der Waals surface area contributed by atoms with E-state index in [-0.39, 0.29) is 6.61 Å². The molecule has 1 heterocycles. The van der Waals surface area contributed by atoms with Crippen molar-refractivity contribution >= 4 is 23.0 Å². The van der Waals surface area contributed by atoms with Gasteiger partial charge >= 0.3 is 10.4 Å². The van der Waals surface area contributed by atoms with Crippen LogP contribution in [-0.2, 0) is 18.8 Å². The van der Waals surface area contributed by atoms with E-state index in [0.29, 0.717) is 0 Å². The van der Waals surface area contributed by atoms with Gasteiger partial charge in [0, 0.05) is 0 Å². The van der Waals surface area contributed by atoms with Gasteiger partial charge in [-0.25, -0.2) is 8.37 Å². The fraction of sp³-hybridized carbons (Fsp3) is 1.00. The third-order valence-electron chi connectivity index (χ3n) is 0.656. The van der Waals surface area contributed by atoms with Crippen LogP contribution in [0.4, 0.5) is 0 Å². The number of hydrogen-bond donors (Lipinski definition) is 2. The first-order valence-electron chi connectivity index (χ1n) is 2.03. The summed E-state index contributed by atoms with van der Waals surface area (Å²) in [5.41, 5.74) is 5.09. The fourth-order valence-corrected chi connectivity index (χ4v) is 1.58. The van der Waals surface area contributed by atoms with Gasteiger partial charge in [-0.05, 0) is 0 Å².